The molecule has 0 bridgehead atoms. The first kappa shape index (κ1) is 14.9. The minimum absolute atomic E-state index is 0.0934. The van der Waals surface area contributed by atoms with Crippen LogP contribution in [0.4, 0.5) is 4.39 Å². The Kier molecular flexibility index (Phi) is 4.11. The molecule has 0 spiro atoms. The zero-order valence-corrected chi connectivity index (χ0v) is 12.4. The van der Waals surface area contributed by atoms with Gasteiger partial charge in [0.25, 0.3) is 0 Å². The highest BCUT2D eigenvalue weighted by Gasteiger charge is 2.23. The Balaban J connectivity index is 2.19. The molecule has 110 valence electrons. The average molecular weight is 279 g/mol. The van der Waals surface area contributed by atoms with Gasteiger partial charge in [0.15, 0.2) is 0 Å². The molecule has 20 heavy (non-hydrogen) atoms. The summed E-state index contributed by atoms with van der Waals surface area (Å²) in [4.78, 5) is 0. The number of aromatic nitrogens is 2. The third-order valence-corrected chi connectivity index (χ3v) is 4.11. The Morgan fingerprint density at radius 2 is 2.10 bits per heavy atom. The first-order valence-electron chi connectivity index (χ1n) is 6.87. The molecule has 0 saturated carbocycles. The number of benzene rings is 1. The van der Waals surface area contributed by atoms with Crippen molar-refractivity contribution in [3.63, 3.8) is 0 Å². The molecule has 0 aliphatic rings. The van der Waals surface area contributed by atoms with Crippen LogP contribution in [0.25, 0.3) is 10.9 Å². The van der Waals surface area contributed by atoms with Gasteiger partial charge in [0.1, 0.15) is 5.82 Å². The number of rotatable bonds is 5. The van der Waals surface area contributed by atoms with E-state index < -0.39 is 6.10 Å². The van der Waals surface area contributed by atoms with Gasteiger partial charge in [-0.2, -0.15) is 5.10 Å². The van der Waals surface area contributed by atoms with Crippen LogP contribution in [0.3, 0.4) is 0 Å². The lowest BCUT2D eigenvalue weighted by Gasteiger charge is -2.32. The summed E-state index contributed by atoms with van der Waals surface area (Å²) in [5, 5.41) is 21.0. The number of aromatic amines is 1. The first-order chi connectivity index (χ1) is 9.31. The highest BCUT2D eigenvalue weighted by Crippen LogP contribution is 2.25. The summed E-state index contributed by atoms with van der Waals surface area (Å²) >= 11 is 0. The second-order valence-corrected chi connectivity index (χ2v) is 6.10. The van der Waals surface area contributed by atoms with E-state index in [2.05, 4.69) is 43.2 Å². The summed E-state index contributed by atoms with van der Waals surface area (Å²) < 4.78 is 13.6. The standard InChI is InChI=1S/C15H22FN3O/c1-9(2)15(3,4)17-8-14(20)11-5-10(16)6-13-12(11)7-18-19-13/h5-7,9,14,17,20H,8H2,1-4H3,(H,18,19)/t14-/m0/s1. The number of β-amino-alcohol motifs (C(OH)–C–C–N with tert-alkyl or cyclic N) is 1. The first-order valence-corrected chi connectivity index (χ1v) is 6.87. The number of halogens is 1. The SMILES string of the molecule is CC(C)C(C)(C)NC[C@H](O)c1cc(F)cc2[nH]ncc12. The minimum atomic E-state index is -0.774. The van der Waals surface area contributed by atoms with Crippen molar-refractivity contribution in [2.24, 2.45) is 5.92 Å². The highest BCUT2D eigenvalue weighted by molar-refractivity contribution is 5.82. The molecule has 0 radical (unpaired) electrons. The van der Waals surface area contributed by atoms with E-state index in [0.717, 1.165) is 5.39 Å². The van der Waals surface area contributed by atoms with E-state index in [9.17, 15) is 9.50 Å². The van der Waals surface area contributed by atoms with E-state index in [-0.39, 0.29) is 11.4 Å². The molecule has 1 aromatic heterocycles. The van der Waals surface area contributed by atoms with Crippen LogP contribution in [0.15, 0.2) is 18.3 Å². The maximum absolute atomic E-state index is 13.6. The van der Waals surface area contributed by atoms with Crippen LogP contribution in [0.5, 0.6) is 0 Å². The van der Waals surface area contributed by atoms with Gasteiger partial charge >= 0.3 is 0 Å². The molecular formula is C15H22FN3O. The van der Waals surface area contributed by atoms with Gasteiger partial charge in [-0.3, -0.25) is 5.10 Å². The molecule has 0 aliphatic carbocycles. The second kappa shape index (κ2) is 5.50. The van der Waals surface area contributed by atoms with Crippen molar-refractivity contribution in [1.29, 1.82) is 0 Å². The van der Waals surface area contributed by atoms with Crippen LogP contribution < -0.4 is 5.32 Å². The molecule has 0 fully saturated rings. The Bertz CT molecular complexity index is 592. The quantitative estimate of drug-likeness (QED) is 0.788. The molecule has 1 heterocycles. The van der Waals surface area contributed by atoms with Crippen LogP contribution in [-0.4, -0.2) is 27.4 Å². The van der Waals surface area contributed by atoms with Crippen molar-refractivity contribution in [2.45, 2.75) is 39.3 Å². The highest BCUT2D eigenvalue weighted by atomic mass is 19.1. The third kappa shape index (κ3) is 2.99. The summed E-state index contributed by atoms with van der Waals surface area (Å²) in [7, 11) is 0. The van der Waals surface area contributed by atoms with Crippen molar-refractivity contribution in [1.82, 2.24) is 15.5 Å². The molecular weight excluding hydrogens is 257 g/mol. The number of hydrogen-bond donors (Lipinski definition) is 3. The molecule has 0 aliphatic heterocycles. The van der Waals surface area contributed by atoms with Gasteiger partial charge in [0.2, 0.25) is 0 Å². The van der Waals surface area contributed by atoms with Crippen molar-refractivity contribution >= 4 is 10.9 Å². The maximum Gasteiger partial charge on any atom is 0.125 e. The molecule has 5 heteroatoms. The van der Waals surface area contributed by atoms with Gasteiger partial charge < -0.3 is 10.4 Å². The largest absolute Gasteiger partial charge is 0.387 e. The Morgan fingerprint density at radius 3 is 2.75 bits per heavy atom. The maximum atomic E-state index is 13.6. The molecule has 2 rings (SSSR count). The van der Waals surface area contributed by atoms with Gasteiger partial charge in [-0.05, 0) is 37.5 Å². The van der Waals surface area contributed by atoms with Crippen molar-refractivity contribution < 1.29 is 9.50 Å². The summed E-state index contributed by atoms with van der Waals surface area (Å²) in [6.45, 7) is 8.79. The molecule has 4 nitrogen and oxygen atoms in total. The molecule has 0 saturated heterocycles. The van der Waals surface area contributed by atoms with Crippen molar-refractivity contribution in [2.75, 3.05) is 6.54 Å². The topological polar surface area (TPSA) is 60.9 Å². The predicted molar refractivity (Wildman–Crippen MR) is 77.9 cm³/mol. The molecule has 0 unspecified atom stereocenters. The number of aliphatic hydroxyl groups excluding tert-OH is 1. The molecule has 2 aromatic rings. The van der Waals surface area contributed by atoms with E-state index in [4.69, 9.17) is 0 Å². The van der Waals surface area contributed by atoms with Crippen LogP contribution in [0, 0.1) is 11.7 Å². The van der Waals surface area contributed by atoms with Crippen LogP contribution in [0.2, 0.25) is 0 Å². The average Bonchev–Trinajstić information content (AvgIpc) is 2.82. The van der Waals surface area contributed by atoms with Gasteiger partial charge in [-0.25, -0.2) is 4.39 Å². The zero-order chi connectivity index (χ0) is 14.9. The van der Waals surface area contributed by atoms with Gasteiger partial charge in [-0.1, -0.05) is 13.8 Å². The molecule has 0 amide bonds. The fourth-order valence-corrected chi connectivity index (χ4v) is 1.99. The lowest BCUT2D eigenvalue weighted by atomic mass is 9.90. The van der Waals surface area contributed by atoms with Crippen molar-refractivity contribution in [3.05, 3.63) is 29.7 Å². The van der Waals surface area contributed by atoms with Gasteiger partial charge in [0.05, 0.1) is 17.8 Å². The number of nitrogens with zero attached hydrogens (tertiary/aromatic N) is 1. The van der Waals surface area contributed by atoms with E-state index in [1.807, 2.05) is 0 Å². The normalized spacial score (nSPS) is 14.2. The fourth-order valence-electron chi connectivity index (χ4n) is 1.99. The smallest absolute Gasteiger partial charge is 0.125 e. The summed E-state index contributed by atoms with van der Waals surface area (Å²) in [5.41, 5.74) is 1.06. The Labute approximate surface area is 118 Å². The van der Waals surface area contributed by atoms with Crippen LogP contribution >= 0.6 is 0 Å². The monoisotopic (exact) mass is 279 g/mol. The molecule has 1 atom stereocenters. The Hall–Kier alpha value is -1.46. The summed E-state index contributed by atoms with van der Waals surface area (Å²) in [6.07, 6.45) is 0.838. The molecule has 3 N–H and O–H groups in total. The molecule has 1 aromatic carbocycles. The Morgan fingerprint density at radius 1 is 1.40 bits per heavy atom. The fraction of sp³-hybridized carbons (Fsp3) is 0.533. The predicted octanol–water partition coefficient (Wildman–Crippen LogP) is 2.76. The number of H-pyrrole nitrogens is 1. The van der Waals surface area contributed by atoms with Gasteiger partial charge in [0, 0.05) is 17.5 Å². The summed E-state index contributed by atoms with van der Waals surface area (Å²) in [6, 6.07) is 2.75. The number of hydrogen-bond acceptors (Lipinski definition) is 3. The van der Waals surface area contributed by atoms with Crippen LogP contribution in [-0.2, 0) is 0 Å². The van der Waals surface area contributed by atoms with Crippen LogP contribution in [0.1, 0.15) is 39.4 Å². The lowest BCUT2D eigenvalue weighted by molar-refractivity contribution is 0.152. The van der Waals surface area contributed by atoms with Crippen molar-refractivity contribution in [3.8, 4) is 0 Å². The zero-order valence-electron chi connectivity index (χ0n) is 12.4. The third-order valence-electron chi connectivity index (χ3n) is 4.11. The number of nitrogens with one attached hydrogen (secondary N) is 2. The number of fused-ring (bicyclic) bond motifs is 1. The minimum Gasteiger partial charge on any atom is -0.387 e. The van der Waals surface area contributed by atoms with E-state index in [0.29, 0.717) is 23.5 Å². The number of aliphatic hydroxyl groups is 1. The second-order valence-electron chi connectivity index (χ2n) is 6.10. The van der Waals surface area contributed by atoms with E-state index in [1.165, 1.54) is 12.1 Å². The van der Waals surface area contributed by atoms with E-state index >= 15 is 0 Å². The van der Waals surface area contributed by atoms with Gasteiger partial charge in [-0.15, -0.1) is 0 Å². The summed E-state index contributed by atoms with van der Waals surface area (Å²) in [5.74, 6) is 0.0510. The van der Waals surface area contributed by atoms with E-state index in [1.54, 1.807) is 6.20 Å². The lowest BCUT2D eigenvalue weighted by Crippen LogP contribution is -2.45.